The molecule has 0 radical (unpaired) electrons. The van der Waals surface area contributed by atoms with E-state index in [0.29, 0.717) is 17.3 Å². The van der Waals surface area contributed by atoms with Crippen molar-refractivity contribution in [2.24, 2.45) is 7.05 Å². The lowest BCUT2D eigenvalue weighted by atomic mass is 9.86. The van der Waals surface area contributed by atoms with Gasteiger partial charge in [-0.15, -0.1) is 0 Å². The first kappa shape index (κ1) is 18.3. The number of aryl methyl sites for hydroxylation is 1. The number of nitrogens with two attached hydrogens (primary N) is 1. The summed E-state index contributed by atoms with van der Waals surface area (Å²) >= 11 is 6.37. The van der Waals surface area contributed by atoms with E-state index >= 15 is 0 Å². The fourth-order valence-corrected chi connectivity index (χ4v) is 3.71. The van der Waals surface area contributed by atoms with Crippen LogP contribution in [0.25, 0.3) is 0 Å². The number of fused-ring (bicyclic) bond motifs is 1. The molecule has 0 aliphatic carbocycles. The van der Waals surface area contributed by atoms with Crippen molar-refractivity contribution in [2.45, 2.75) is 25.7 Å². The summed E-state index contributed by atoms with van der Waals surface area (Å²) in [6.07, 6.45) is 5.91. The minimum absolute atomic E-state index is 0.0434. The van der Waals surface area contributed by atoms with Crippen LogP contribution in [0.2, 0.25) is 5.02 Å². The molecule has 6 nitrogen and oxygen atoms in total. The molecule has 4 rings (SSSR count). The molecule has 0 amide bonds. The zero-order valence-electron chi connectivity index (χ0n) is 16.1. The topological polar surface area (TPSA) is 72.9 Å². The Morgan fingerprint density at radius 2 is 2.11 bits per heavy atom. The van der Waals surface area contributed by atoms with Gasteiger partial charge in [0.05, 0.1) is 24.6 Å². The second kappa shape index (κ2) is 6.84. The second-order valence-corrected chi connectivity index (χ2v) is 8.02. The number of imidazole rings is 1. The third-order valence-corrected chi connectivity index (χ3v) is 5.10. The molecule has 1 aliphatic heterocycles. The number of hydrogen-bond donors (Lipinski definition) is 1. The standard InChI is InChI=1S/C21H21ClN6/c1-21(2)12-28(19-17(22)10-24-20(23)26-19)18-9-14(7-8-16(18)21)5-4-6-15-11-27(3)13-25-15/h7-11,13H,6,12H2,1-3H3,(H2,23,24,26). The highest BCUT2D eigenvalue weighted by Crippen LogP contribution is 2.45. The zero-order valence-corrected chi connectivity index (χ0v) is 16.8. The maximum Gasteiger partial charge on any atom is 0.222 e. The third kappa shape index (κ3) is 3.41. The molecule has 2 aromatic heterocycles. The number of hydrogen-bond acceptors (Lipinski definition) is 5. The van der Waals surface area contributed by atoms with Crippen molar-refractivity contribution in [3.63, 3.8) is 0 Å². The van der Waals surface area contributed by atoms with Gasteiger partial charge < -0.3 is 15.2 Å². The van der Waals surface area contributed by atoms with Crippen molar-refractivity contribution in [3.8, 4) is 11.8 Å². The predicted molar refractivity (Wildman–Crippen MR) is 112 cm³/mol. The van der Waals surface area contributed by atoms with E-state index in [-0.39, 0.29) is 11.4 Å². The van der Waals surface area contributed by atoms with Gasteiger partial charge in [-0.3, -0.25) is 0 Å². The number of anilines is 3. The van der Waals surface area contributed by atoms with Crippen molar-refractivity contribution >= 4 is 29.1 Å². The van der Waals surface area contributed by atoms with Gasteiger partial charge in [0.2, 0.25) is 5.95 Å². The van der Waals surface area contributed by atoms with Crippen LogP contribution in [0.1, 0.15) is 30.7 Å². The first-order valence-corrected chi connectivity index (χ1v) is 9.37. The summed E-state index contributed by atoms with van der Waals surface area (Å²) in [6, 6.07) is 6.29. The van der Waals surface area contributed by atoms with Gasteiger partial charge in [0.25, 0.3) is 0 Å². The molecule has 28 heavy (non-hydrogen) atoms. The molecular weight excluding hydrogens is 372 g/mol. The quantitative estimate of drug-likeness (QED) is 0.676. The van der Waals surface area contributed by atoms with Gasteiger partial charge in [0.1, 0.15) is 5.02 Å². The van der Waals surface area contributed by atoms with E-state index in [1.165, 1.54) is 5.56 Å². The van der Waals surface area contributed by atoms with Crippen LogP contribution in [0, 0.1) is 11.8 Å². The maximum atomic E-state index is 6.37. The predicted octanol–water partition coefficient (Wildman–Crippen LogP) is 3.47. The average molecular weight is 393 g/mol. The minimum Gasteiger partial charge on any atom is -0.368 e. The molecule has 0 bridgehead atoms. The Kier molecular flexibility index (Phi) is 4.48. The summed E-state index contributed by atoms with van der Waals surface area (Å²) in [4.78, 5) is 14.7. The Morgan fingerprint density at radius 1 is 1.29 bits per heavy atom. The lowest BCUT2D eigenvalue weighted by Gasteiger charge is -2.22. The number of nitrogen functional groups attached to an aromatic ring is 1. The molecule has 0 saturated heterocycles. The van der Waals surface area contributed by atoms with Gasteiger partial charge >= 0.3 is 0 Å². The Balaban J connectivity index is 1.69. The highest BCUT2D eigenvalue weighted by molar-refractivity contribution is 6.33. The number of aromatic nitrogens is 4. The van der Waals surface area contributed by atoms with Crippen molar-refractivity contribution in [3.05, 3.63) is 58.8 Å². The molecule has 3 heterocycles. The largest absolute Gasteiger partial charge is 0.368 e. The van der Waals surface area contributed by atoms with Gasteiger partial charge in [0, 0.05) is 36.5 Å². The summed E-state index contributed by atoms with van der Waals surface area (Å²) in [5.41, 5.74) is 9.94. The van der Waals surface area contributed by atoms with Crippen LogP contribution in [-0.2, 0) is 18.9 Å². The first-order chi connectivity index (χ1) is 13.3. The fourth-order valence-electron chi connectivity index (χ4n) is 3.52. The molecule has 0 spiro atoms. The summed E-state index contributed by atoms with van der Waals surface area (Å²) in [6.45, 7) is 5.16. The molecule has 2 N–H and O–H groups in total. The van der Waals surface area contributed by atoms with E-state index in [9.17, 15) is 0 Å². The molecule has 1 aliphatic rings. The summed E-state index contributed by atoms with van der Waals surface area (Å²) in [7, 11) is 1.95. The van der Waals surface area contributed by atoms with Crippen LogP contribution in [0.4, 0.5) is 17.5 Å². The summed E-state index contributed by atoms with van der Waals surface area (Å²) < 4.78 is 1.92. The number of rotatable bonds is 2. The van der Waals surface area contributed by atoms with E-state index in [4.69, 9.17) is 17.3 Å². The highest BCUT2D eigenvalue weighted by atomic mass is 35.5. The molecule has 0 unspecified atom stereocenters. The van der Waals surface area contributed by atoms with Gasteiger partial charge in [-0.1, -0.05) is 43.4 Å². The lowest BCUT2D eigenvalue weighted by Crippen LogP contribution is -2.26. The van der Waals surface area contributed by atoms with E-state index in [1.54, 1.807) is 12.5 Å². The molecular formula is C21H21ClN6. The SMILES string of the molecule is Cn1cnc(CC#Cc2ccc3c(c2)N(c2nc(N)ncc2Cl)CC3(C)C)c1. The second-order valence-electron chi connectivity index (χ2n) is 7.61. The molecule has 0 saturated carbocycles. The Hall–Kier alpha value is -3.04. The molecule has 3 aromatic rings. The first-order valence-electron chi connectivity index (χ1n) is 8.99. The number of benzene rings is 1. The molecule has 0 atom stereocenters. The van der Waals surface area contributed by atoms with Gasteiger partial charge in [-0.2, -0.15) is 4.98 Å². The van der Waals surface area contributed by atoms with E-state index < -0.39 is 0 Å². The van der Waals surface area contributed by atoms with Gasteiger partial charge in [-0.05, 0) is 17.7 Å². The monoisotopic (exact) mass is 392 g/mol. The van der Waals surface area contributed by atoms with Crippen LogP contribution in [0.3, 0.4) is 0 Å². The fraction of sp³-hybridized carbons (Fsp3) is 0.286. The smallest absolute Gasteiger partial charge is 0.222 e. The van der Waals surface area contributed by atoms with Crippen LogP contribution in [0.5, 0.6) is 0 Å². The minimum atomic E-state index is -0.0434. The van der Waals surface area contributed by atoms with Crippen molar-refractivity contribution in [1.29, 1.82) is 0 Å². The van der Waals surface area contributed by atoms with Crippen LogP contribution in [-0.4, -0.2) is 26.1 Å². The Morgan fingerprint density at radius 3 is 2.86 bits per heavy atom. The number of halogens is 1. The van der Waals surface area contributed by atoms with E-state index in [1.807, 2.05) is 17.8 Å². The Labute approximate surface area is 169 Å². The van der Waals surface area contributed by atoms with Crippen LogP contribution < -0.4 is 10.6 Å². The van der Waals surface area contributed by atoms with Crippen LogP contribution >= 0.6 is 11.6 Å². The molecule has 1 aromatic carbocycles. The average Bonchev–Trinajstić information content (AvgIpc) is 3.18. The number of nitrogens with zero attached hydrogens (tertiary/aromatic N) is 5. The maximum absolute atomic E-state index is 6.37. The Bertz CT molecular complexity index is 1110. The molecule has 7 heteroatoms. The molecule has 142 valence electrons. The molecule has 0 fully saturated rings. The normalized spacial score (nSPS) is 14.5. The van der Waals surface area contributed by atoms with Crippen molar-refractivity contribution in [1.82, 2.24) is 19.5 Å². The van der Waals surface area contributed by atoms with Crippen molar-refractivity contribution in [2.75, 3.05) is 17.2 Å². The van der Waals surface area contributed by atoms with E-state index in [2.05, 4.69) is 63.7 Å². The van der Waals surface area contributed by atoms with Crippen molar-refractivity contribution < 1.29 is 0 Å². The highest BCUT2D eigenvalue weighted by Gasteiger charge is 2.37. The van der Waals surface area contributed by atoms with E-state index in [0.717, 1.165) is 23.5 Å². The lowest BCUT2D eigenvalue weighted by molar-refractivity contribution is 0.568. The summed E-state index contributed by atoms with van der Waals surface area (Å²) in [5.74, 6) is 7.27. The van der Waals surface area contributed by atoms with Gasteiger partial charge in [0.15, 0.2) is 5.82 Å². The van der Waals surface area contributed by atoms with Crippen LogP contribution in [0.15, 0.2) is 36.9 Å². The summed E-state index contributed by atoms with van der Waals surface area (Å²) in [5, 5.41) is 0.476. The van der Waals surface area contributed by atoms with Gasteiger partial charge in [-0.25, -0.2) is 9.97 Å². The third-order valence-electron chi connectivity index (χ3n) is 4.83. The zero-order chi connectivity index (χ0) is 19.9.